The molecule has 0 heterocycles. The molecule has 2 rings (SSSR count). The van der Waals surface area contributed by atoms with Crippen LogP contribution in [0, 0.1) is 6.92 Å². The van der Waals surface area contributed by atoms with Gasteiger partial charge in [0.2, 0.25) is 0 Å². The van der Waals surface area contributed by atoms with Gasteiger partial charge in [-0.05, 0) is 23.3 Å². The summed E-state index contributed by atoms with van der Waals surface area (Å²) in [7, 11) is 0. The minimum atomic E-state index is -1.04. The number of carboxylic acid groups (broad SMARTS) is 1. The molecule has 0 aliphatic rings. The molecule has 0 unspecified atom stereocenters. The molecule has 0 saturated heterocycles. The average molecular weight is 247 g/mol. The van der Waals surface area contributed by atoms with Gasteiger partial charge in [-0.2, -0.15) is 0 Å². The SMILES string of the molecule is Cc1ccc2ccccc2c1/C(Cl)=C/C(=O)O. The van der Waals surface area contributed by atoms with E-state index in [2.05, 4.69) is 0 Å². The van der Waals surface area contributed by atoms with E-state index in [0.29, 0.717) is 0 Å². The molecule has 0 bridgehead atoms. The summed E-state index contributed by atoms with van der Waals surface area (Å²) in [5.41, 5.74) is 1.75. The highest BCUT2D eigenvalue weighted by Gasteiger charge is 2.09. The molecule has 3 heteroatoms. The summed E-state index contributed by atoms with van der Waals surface area (Å²) in [6, 6.07) is 11.7. The van der Waals surface area contributed by atoms with E-state index in [1.54, 1.807) is 0 Å². The highest BCUT2D eigenvalue weighted by Crippen LogP contribution is 2.30. The van der Waals surface area contributed by atoms with E-state index in [4.69, 9.17) is 16.7 Å². The first-order chi connectivity index (χ1) is 8.09. The Labute approximate surface area is 104 Å². The minimum absolute atomic E-state index is 0.256. The molecule has 0 aliphatic heterocycles. The van der Waals surface area contributed by atoms with E-state index in [-0.39, 0.29) is 5.03 Å². The van der Waals surface area contributed by atoms with Crippen molar-refractivity contribution in [1.82, 2.24) is 0 Å². The van der Waals surface area contributed by atoms with Gasteiger partial charge in [0, 0.05) is 11.6 Å². The second-order valence-corrected chi connectivity index (χ2v) is 4.22. The third-order valence-electron chi connectivity index (χ3n) is 2.63. The van der Waals surface area contributed by atoms with Crippen LogP contribution in [-0.4, -0.2) is 11.1 Å². The number of halogens is 1. The average Bonchev–Trinajstić information content (AvgIpc) is 2.27. The molecule has 2 aromatic carbocycles. The normalized spacial score (nSPS) is 11.8. The Kier molecular flexibility index (Phi) is 3.16. The van der Waals surface area contributed by atoms with Crippen molar-refractivity contribution in [3.05, 3.63) is 53.6 Å². The van der Waals surface area contributed by atoms with E-state index in [0.717, 1.165) is 28.0 Å². The fourth-order valence-corrected chi connectivity index (χ4v) is 2.22. The maximum absolute atomic E-state index is 10.7. The van der Waals surface area contributed by atoms with Gasteiger partial charge in [-0.25, -0.2) is 4.79 Å². The van der Waals surface area contributed by atoms with E-state index >= 15 is 0 Å². The van der Waals surface area contributed by atoms with Crippen molar-refractivity contribution in [3.63, 3.8) is 0 Å². The molecule has 2 nitrogen and oxygen atoms in total. The predicted molar refractivity (Wildman–Crippen MR) is 70.2 cm³/mol. The Morgan fingerprint density at radius 1 is 1.24 bits per heavy atom. The van der Waals surface area contributed by atoms with E-state index in [1.165, 1.54) is 0 Å². The number of fused-ring (bicyclic) bond motifs is 1. The van der Waals surface area contributed by atoms with Gasteiger partial charge in [0.15, 0.2) is 0 Å². The number of rotatable bonds is 2. The van der Waals surface area contributed by atoms with Gasteiger partial charge in [0.25, 0.3) is 0 Å². The van der Waals surface area contributed by atoms with Crippen LogP contribution >= 0.6 is 11.6 Å². The van der Waals surface area contributed by atoms with Gasteiger partial charge in [-0.3, -0.25) is 0 Å². The van der Waals surface area contributed by atoms with Gasteiger partial charge in [0.05, 0.1) is 5.03 Å². The van der Waals surface area contributed by atoms with Crippen LogP contribution in [0.4, 0.5) is 0 Å². The van der Waals surface area contributed by atoms with Crippen LogP contribution in [0.2, 0.25) is 0 Å². The summed E-state index contributed by atoms with van der Waals surface area (Å²) in [5, 5.41) is 11.0. The molecule has 0 amide bonds. The molecule has 2 aromatic rings. The van der Waals surface area contributed by atoms with Gasteiger partial charge in [-0.15, -0.1) is 0 Å². The van der Waals surface area contributed by atoms with E-state index in [1.807, 2.05) is 43.3 Å². The molecule has 17 heavy (non-hydrogen) atoms. The molecule has 0 aromatic heterocycles. The third-order valence-corrected chi connectivity index (χ3v) is 2.92. The molecular weight excluding hydrogens is 236 g/mol. The Balaban J connectivity index is 2.75. The summed E-state index contributed by atoms with van der Waals surface area (Å²) in [4.78, 5) is 10.7. The molecule has 1 N–H and O–H groups in total. The zero-order valence-corrected chi connectivity index (χ0v) is 10.0. The predicted octanol–water partition coefficient (Wildman–Crippen LogP) is 3.81. The first kappa shape index (κ1) is 11.7. The largest absolute Gasteiger partial charge is 0.478 e. The fourth-order valence-electron chi connectivity index (χ4n) is 1.88. The first-order valence-corrected chi connectivity index (χ1v) is 5.56. The molecule has 0 fully saturated rings. The van der Waals surface area contributed by atoms with Crippen molar-refractivity contribution < 1.29 is 9.90 Å². The lowest BCUT2D eigenvalue weighted by Gasteiger charge is -2.08. The van der Waals surface area contributed by atoms with Crippen LogP contribution in [0.3, 0.4) is 0 Å². The van der Waals surface area contributed by atoms with Crippen molar-refractivity contribution in [1.29, 1.82) is 0 Å². The number of hydrogen-bond acceptors (Lipinski definition) is 1. The number of carbonyl (C=O) groups is 1. The monoisotopic (exact) mass is 246 g/mol. The second kappa shape index (κ2) is 4.60. The van der Waals surface area contributed by atoms with Crippen molar-refractivity contribution in [3.8, 4) is 0 Å². The number of aliphatic carboxylic acids is 1. The van der Waals surface area contributed by atoms with Crippen LogP contribution in [0.25, 0.3) is 15.8 Å². The number of hydrogen-bond donors (Lipinski definition) is 1. The van der Waals surface area contributed by atoms with Crippen molar-refractivity contribution in [2.24, 2.45) is 0 Å². The van der Waals surface area contributed by atoms with Gasteiger partial charge < -0.3 is 5.11 Å². The maximum Gasteiger partial charge on any atom is 0.329 e. The topological polar surface area (TPSA) is 37.3 Å². The molecular formula is C14H11ClO2. The molecule has 0 spiro atoms. The molecule has 86 valence electrons. The van der Waals surface area contributed by atoms with Crippen molar-refractivity contribution >= 4 is 33.4 Å². The van der Waals surface area contributed by atoms with Crippen LogP contribution in [0.5, 0.6) is 0 Å². The van der Waals surface area contributed by atoms with Crippen LogP contribution in [0.1, 0.15) is 11.1 Å². The molecule has 0 aliphatic carbocycles. The summed E-state index contributed by atoms with van der Waals surface area (Å²) < 4.78 is 0. The summed E-state index contributed by atoms with van der Waals surface area (Å²) in [6.07, 6.45) is 1.02. The highest BCUT2D eigenvalue weighted by atomic mass is 35.5. The summed E-state index contributed by atoms with van der Waals surface area (Å²) in [5.74, 6) is -1.04. The Bertz CT molecular complexity index is 615. The molecule has 0 atom stereocenters. The smallest absolute Gasteiger partial charge is 0.329 e. The number of benzene rings is 2. The Morgan fingerprint density at radius 2 is 1.94 bits per heavy atom. The van der Waals surface area contributed by atoms with Crippen molar-refractivity contribution in [2.45, 2.75) is 6.92 Å². The van der Waals surface area contributed by atoms with Crippen LogP contribution < -0.4 is 0 Å². The summed E-state index contributed by atoms with van der Waals surface area (Å²) in [6.45, 7) is 1.92. The molecule has 0 radical (unpaired) electrons. The second-order valence-electron chi connectivity index (χ2n) is 3.81. The third kappa shape index (κ3) is 2.32. The van der Waals surface area contributed by atoms with Gasteiger partial charge >= 0.3 is 5.97 Å². The number of aryl methyl sites for hydroxylation is 1. The lowest BCUT2D eigenvalue weighted by atomic mass is 9.99. The van der Waals surface area contributed by atoms with E-state index < -0.39 is 5.97 Å². The van der Waals surface area contributed by atoms with Crippen LogP contribution in [-0.2, 0) is 4.79 Å². The van der Waals surface area contributed by atoms with Gasteiger partial charge in [-0.1, -0.05) is 48.0 Å². The Hall–Kier alpha value is -1.80. The zero-order valence-electron chi connectivity index (χ0n) is 9.27. The van der Waals surface area contributed by atoms with Gasteiger partial charge in [0.1, 0.15) is 0 Å². The minimum Gasteiger partial charge on any atom is -0.478 e. The lowest BCUT2D eigenvalue weighted by molar-refractivity contribution is -0.131. The fraction of sp³-hybridized carbons (Fsp3) is 0.0714. The quantitative estimate of drug-likeness (QED) is 0.818. The first-order valence-electron chi connectivity index (χ1n) is 5.18. The molecule has 0 saturated carbocycles. The van der Waals surface area contributed by atoms with E-state index in [9.17, 15) is 4.79 Å². The lowest BCUT2D eigenvalue weighted by Crippen LogP contribution is -1.92. The standard InChI is InChI=1S/C14H11ClO2/c1-9-6-7-10-4-2-3-5-11(10)14(9)12(15)8-13(16)17/h2-8H,1H3,(H,16,17)/b12-8-. The number of carboxylic acids is 1. The zero-order chi connectivity index (χ0) is 12.4. The highest BCUT2D eigenvalue weighted by molar-refractivity contribution is 6.51. The van der Waals surface area contributed by atoms with Crippen LogP contribution in [0.15, 0.2) is 42.5 Å². The maximum atomic E-state index is 10.7. The summed E-state index contributed by atoms with van der Waals surface area (Å²) >= 11 is 6.07. The van der Waals surface area contributed by atoms with Crippen molar-refractivity contribution in [2.75, 3.05) is 0 Å². The Morgan fingerprint density at radius 3 is 2.65 bits per heavy atom.